The number of aromatic nitrogens is 2. The van der Waals surface area contributed by atoms with Crippen LogP contribution < -0.4 is 5.32 Å². The molecular formula is C23H17N3O5S. The van der Waals surface area contributed by atoms with Crippen LogP contribution in [0, 0.1) is 0 Å². The van der Waals surface area contributed by atoms with Crippen molar-refractivity contribution in [1.29, 1.82) is 0 Å². The number of carboxylic acids is 1. The van der Waals surface area contributed by atoms with Gasteiger partial charge in [-0.1, -0.05) is 48.5 Å². The summed E-state index contributed by atoms with van der Waals surface area (Å²) in [5.74, 6) is -1.06. The van der Waals surface area contributed by atoms with Crippen LogP contribution in [0.2, 0.25) is 0 Å². The molecule has 0 spiro atoms. The monoisotopic (exact) mass is 447 g/mol. The summed E-state index contributed by atoms with van der Waals surface area (Å²) < 4.78 is 10.7. The van der Waals surface area contributed by atoms with Crippen molar-refractivity contribution in [2.75, 3.05) is 6.61 Å². The number of fused-ring (bicyclic) bond motifs is 3. The third-order valence-corrected chi connectivity index (χ3v) is 6.07. The molecule has 2 aromatic carbocycles. The van der Waals surface area contributed by atoms with Crippen LogP contribution in [0.5, 0.6) is 0 Å². The van der Waals surface area contributed by atoms with Gasteiger partial charge in [0.15, 0.2) is 5.69 Å². The highest BCUT2D eigenvalue weighted by Gasteiger charge is 2.29. The van der Waals surface area contributed by atoms with E-state index in [1.54, 1.807) is 5.38 Å². The van der Waals surface area contributed by atoms with Crippen molar-refractivity contribution in [2.24, 2.45) is 0 Å². The van der Waals surface area contributed by atoms with Gasteiger partial charge in [0, 0.05) is 11.3 Å². The average molecular weight is 447 g/mol. The van der Waals surface area contributed by atoms with Gasteiger partial charge in [0.05, 0.1) is 6.54 Å². The smallest absolute Gasteiger partial charge is 0.407 e. The zero-order valence-electron chi connectivity index (χ0n) is 16.6. The topological polar surface area (TPSA) is 115 Å². The van der Waals surface area contributed by atoms with Crippen molar-refractivity contribution in [2.45, 2.75) is 12.5 Å². The van der Waals surface area contributed by atoms with Crippen molar-refractivity contribution in [3.05, 3.63) is 82.0 Å². The second-order valence-electron chi connectivity index (χ2n) is 7.15. The van der Waals surface area contributed by atoms with E-state index in [1.807, 2.05) is 24.3 Å². The molecule has 32 heavy (non-hydrogen) atoms. The van der Waals surface area contributed by atoms with E-state index < -0.39 is 12.1 Å². The summed E-state index contributed by atoms with van der Waals surface area (Å²) in [6.07, 6.45) is 0.527. The fourth-order valence-electron chi connectivity index (χ4n) is 3.78. The van der Waals surface area contributed by atoms with E-state index in [0.29, 0.717) is 10.7 Å². The lowest BCUT2D eigenvalue weighted by atomic mass is 9.98. The summed E-state index contributed by atoms with van der Waals surface area (Å²) in [4.78, 5) is 31.4. The van der Waals surface area contributed by atoms with Crippen LogP contribution in [0.3, 0.4) is 0 Å². The van der Waals surface area contributed by atoms with Gasteiger partial charge < -0.3 is 19.6 Å². The standard InChI is InChI=1S/C23H17N3O5S/c27-22(28)18-11-30-21(26-18)19-12-32-20(25-19)9-24-23(29)31-10-17-15-7-3-1-5-13(15)14-6-2-4-8-16(14)17/h1-8,11-12,17H,9-10H2,(H,24,29)(H,27,28). The van der Waals surface area contributed by atoms with E-state index in [0.717, 1.165) is 17.4 Å². The number of aromatic carboxylic acids is 1. The maximum Gasteiger partial charge on any atom is 0.407 e. The number of alkyl carbamates (subject to hydrolysis) is 1. The first-order valence-electron chi connectivity index (χ1n) is 9.82. The molecule has 5 rings (SSSR count). The van der Waals surface area contributed by atoms with Gasteiger partial charge in [-0.3, -0.25) is 0 Å². The van der Waals surface area contributed by atoms with E-state index >= 15 is 0 Å². The van der Waals surface area contributed by atoms with Crippen LogP contribution >= 0.6 is 11.3 Å². The Balaban J connectivity index is 1.20. The number of oxazole rings is 1. The Morgan fingerprint density at radius 2 is 1.75 bits per heavy atom. The van der Waals surface area contributed by atoms with Gasteiger partial charge in [-0.25, -0.2) is 19.6 Å². The number of thiazole rings is 1. The summed E-state index contributed by atoms with van der Waals surface area (Å²) in [6, 6.07) is 16.3. The zero-order chi connectivity index (χ0) is 22.1. The minimum absolute atomic E-state index is 0.00641. The first-order chi connectivity index (χ1) is 15.6. The highest BCUT2D eigenvalue weighted by atomic mass is 32.1. The Morgan fingerprint density at radius 3 is 2.41 bits per heavy atom. The summed E-state index contributed by atoms with van der Waals surface area (Å²) in [6.45, 7) is 0.408. The molecule has 2 heterocycles. The molecule has 4 aromatic rings. The Kier molecular flexibility index (Phi) is 5.16. The van der Waals surface area contributed by atoms with Crippen molar-refractivity contribution in [3.8, 4) is 22.7 Å². The number of carbonyl (C=O) groups excluding carboxylic acids is 1. The molecule has 160 valence electrons. The fourth-order valence-corrected chi connectivity index (χ4v) is 4.48. The largest absolute Gasteiger partial charge is 0.476 e. The van der Waals surface area contributed by atoms with Gasteiger partial charge in [-0.05, 0) is 22.3 Å². The number of rotatable bonds is 6. The number of nitrogens with one attached hydrogen (secondary N) is 1. The molecular weight excluding hydrogens is 430 g/mol. The van der Waals surface area contributed by atoms with Crippen LogP contribution in [0.25, 0.3) is 22.7 Å². The van der Waals surface area contributed by atoms with Crippen LogP contribution in [0.1, 0.15) is 32.5 Å². The third kappa shape index (κ3) is 3.74. The van der Waals surface area contributed by atoms with E-state index in [-0.39, 0.29) is 30.7 Å². The molecule has 9 heteroatoms. The summed E-state index contributed by atoms with van der Waals surface area (Å²) in [5, 5.41) is 13.9. The van der Waals surface area contributed by atoms with Crippen LogP contribution in [-0.2, 0) is 11.3 Å². The second-order valence-corrected chi connectivity index (χ2v) is 8.09. The Labute approximate surface area is 186 Å². The minimum atomic E-state index is -1.17. The average Bonchev–Trinajstić information content (AvgIpc) is 3.54. The molecule has 2 N–H and O–H groups in total. The molecule has 0 saturated heterocycles. The molecule has 0 bridgehead atoms. The maximum absolute atomic E-state index is 12.3. The van der Waals surface area contributed by atoms with Crippen LogP contribution in [-0.4, -0.2) is 33.7 Å². The summed E-state index contributed by atoms with van der Waals surface area (Å²) in [5.41, 5.74) is 4.86. The van der Waals surface area contributed by atoms with E-state index in [1.165, 1.54) is 22.5 Å². The predicted molar refractivity (Wildman–Crippen MR) is 116 cm³/mol. The van der Waals surface area contributed by atoms with Gasteiger partial charge in [0.1, 0.15) is 23.6 Å². The van der Waals surface area contributed by atoms with E-state index in [2.05, 4.69) is 39.6 Å². The lowest BCUT2D eigenvalue weighted by molar-refractivity contribution is 0.0690. The molecule has 0 aliphatic heterocycles. The van der Waals surface area contributed by atoms with Crippen LogP contribution in [0.4, 0.5) is 4.79 Å². The van der Waals surface area contributed by atoms with Gasteiger partial charge >= 0.3 is 12.1 Å². The van der Waals surface area contributed by atoms with Gasteiger partial charge in [-0.15, -0.1) is 11.3 Å². The van der Waals surface area contributed by atoms with Crippen molar-refractivity contribution in [1.82, 2.24) is 15.3 Å². The SMILES string of the molecule is O=C(NCc1nc(-c2nc(C(=O)O)co2)cs1)OCC1c2ccccc2-c2ccccc21. The molecule has 0 fully saturated rings. The fraction of sp³-hybridized carbons (Fsp3) is 0.130. The van der Waals surface area contributed by atoms with E-state index in [4.69, 9.17) is 14.3 Å². The number of benzene rings is 2. The summed E-state index contributed by atoms with van der Waals surface area (Å²) >= 11 is 1.30. The Hall–Kier alpha value is -3.98. The number of carbonyl (C=O) groups is 2. The number of amides is 1. The molecule has 1 amide bonds. The molecule has 0 atom stereocenters. The lowest BCUT2D eigenvalue weighted by Gasteiger charge is -2.14. The van der Waals surface area contributed by atoms with Gasteiger partial charge in [0.2, 0.25) is 5.89 Å². The number of hydrogen-bond acceptors (Lipinski definition) is 7. The first-order valence-corrected chi connectivity index (χ1v) is 10.7. The second kappa shape index (κ2) is 8.27. The van der Waals surface area contributed by atoms with Crippen molar-refractivity contribution < 1.29 is 23.8 Å². The summed E-state index contributed by atoms with van der Waals surface area (Å²) in [7, 11) is 0. The Bertz CT molecular complexity index is 1270. The zero-order valence-corrected chi connectivity index (χ0v) is 17.5. The number of carboxylic acid groups (broad SMARTS) is 1. The highest BCUT2D eigenvalue weighted by molar-refractivity contribution is 7.09. The first kappa shape index (κ1) is 20.0. The maximum atomic E-state index is 12.3. The molecule has 8 nitrogen and oxygen atoms in total. The molecule has 1 aliphatic carbocycles. The molecule has 1 aliphatic rings. The number of ether oxygens (including phenoxy) is 1. The Morgan fingerprint density at radius 1 is 1.06 bits per heavy atom. The van der Waals surface area contributed by atoms with Crippen molar-refractivity contribution in [3.63, 3.8) is 0 Å². The van der Waals surface area contributed by atoms with E-state index in [9.17, 15) is 9.59 Å². The molecule has 0 saturated carbocycles. The predicted octanol–water partition coefficient (Wildman–Crippen LogP) is 4.54. The van der Waals surface area contributed by atoms with Crippen molar-refractivity contribution >= 4 is 23.4 Å². The number of nitrogens with zero attached hydrogens (tertiary/aromatic N) is 2. The molecule has 0 radical (unpaired) electrons. The number of hydrogen-bond donors (Lipinski definition) is 2. The minimum Gasteiger partial charge on any atom is -0.476 e. The molecule has 2 aromatic heterocycles. The van der Waals surface area contributed by atoms with Gasteiger partial charge in [-0.2, -0.15) is 0 Å². The third-order valence-electron chi connectivity index (χ3n) is 5.22. The highest BCUT2D eigenvalue weighted by Crippen LogP contribution is 2.44. The normalized spacial score (nSPS) is 12.2. The van der Waals surface area contributed by atoms with Crippen LogP contribution in [0.15, 0.2) is 64.6 Å². The molecule has 0 unspecified atom stereocenters. The van der Waals surface area contributed by atoms with Gasteiger partial charge in [0.25, 0.3) is 0 Å². The lowest BCUT2D eigenvalue weighted by Crippen LogP contribution is -2.25. The quantitative estimate of drug-likeness (QED) is 0.446.